The summed E-state index contributed by atoms with van der Waals surface area (Å²) in [7, 11) is 0. The van der Waals surface area contributed by atoms with Crippen LogP contribution >= 0.6 is 0 Å². The zero-order valence-electron chi connectivity index (χ0n) is 21.5. The van der Waals surface area contributed by atoms with Gasteiger partial charge in [-0.15, -0.1) is 0 Å². The largest absolute Gasteiger partial charge is 0.491 e. The summed E-state index contributed by atoms with van der Waals surface area (Å²) in [5.41, 5.74) is 1.42. The minimum Gasteiger partial charge on any atom is -0.491 e. The Hall–Kier alpha value is -3.62. The number of halogens is 1. The minimum absolute atomic E-state index is 0.0554. The molecule has 2 aliphatic carbocycles. The summed E-state index contributed by atoms with van der Waals surface area (Å²) < 4.78 is 38.3. The third kappa shape index (κ3) is 5.58. The molecule has 3 atom stereocenters. The van der Waals surface area contributed by atoms with E-state index in [1.165, 1.54) is 6.07 Å². The van der Waals surface area contributed by atoms with Gasteiger partial charge in [-0.25, -0.2) is 4.39 Å². The molecule has 7 nitrogen and oxygen atoms in total. The molecule has 0 unspecified atom stereocenters. The molecule has 6 rings (SSSR count). The molecule has 1 heterocycles. The molecule has 39 heavy (non-hydrogen) atoms. The summed E-state index contributed by atoms with van der Waals surface area (Å²) in [5, 5.41) is 19.7. The Labute approximate surface area is 226 Å². The molecule has 2 fully saturated rings. The number of fused-ring (bicyclic) bond motifs is 1. The Morgan fingerprint density at radius 2 is 1.67 bits per heavy atom. The molecular formula is C31H31FO7. The molecule has 204 valence electrons. The fourth-order valence-electron chi connectivity index (χ4n) is 5.49. The standard InChI is InChI=1S/C31H31FO7/c32-26-10-12-27(38-22-7-5-20(6-8-22)37-18-31(35)13-15-36-16-14-31)23-9-11-28(29(23)26)39-21-3-1-19(2-4-21)24-17-25(24)30(33)34/h1-8,10,12,24-25,28,35H,9,11,13-18H2,(H,33,34)/t24-,25+,28-/m1/s1. The maximum Gasteiger partial charge on any atom is 0.307 e. The molecule has 1 saturated heterocycles. The van der Waals surface area contributed by atoms with Crippen molar-refractivity contribution < 1.29 is 38.3 Å². The molecule has 0 amide bonds. The van der Waals surface area contributed by atoms with Crippen LogP contribution in [0.1, 0.15) is 54.4 Å². The second kappa shape index (κ2) is 10.5. The molecule has 1 saturated carbocycles. The lowest BCUT2D eigenvalue weighted by Crippen LogP contribution is -2.41. The third-order valence-electron chi connectivity index (χ3n) is 7.92. The molecule has 2 N–H and O–H groups in total. The molecule has 3 aromatic carbocycles. The molecule has 3 aromatic rings. The lowest BCUT2D eigenvalue weighted by atomic mass is 9.96. The van der Waals surface area contributed by atoms with Crippen LogP contribution in [0.2, 0.25) is 0 Å². The van der Waals surface area contributed by atoms with Crippen molar-refractivity contribution >= 4 is 5.97 Å². The molecule has 0 bridgehead atoms. The highest BCUT2D eigenvalue weighted by molar-refractivity contribution is 5.75. The summed E-state index contributed by atoms with van der Waals surface area (Å²) >= 11 is 0. The van der Waals surface area contributed by atoms with Gasteiger partial charge in [0.1, 0.15) is 47.1 Å². The van der Waals surface area contributed by atoms with E-state index in [2.05, 4.69) is 0 Å². The highest BCUT2D eigenvalue weighted by atomic mass is 19.1. The first-order valence-corrected chi connectivity index (χ1v) is 13.4. The number of benzene rings is 3. The zero-order chi connectivity index (χ0) is 27.0. The first kappa shape index (κ1) is 25.6. The van der Waals surface area contributed by atoms with Crippen molar-refractivity contribution in [2.45, 2.75) is 49.7 Å². The van der Waals surface area contributed by atoms with Crippen LogP contribution in [0.15, 0.2) is 60.7 Å². The second-order valence-electron chi connectivity index (χ2n) is 10.6. The van der Waals surface area contributed by atoms with Crippen LogP contribution in [0.4, 0.5) is 4.39 Å². The van der Waals surface area contributed by atoms with E-state index >= 15 is 0 Å². The van der Waals surface area contributed by atoms with Gasteiger partial charge in [-0.05, 0) is 79.3 Å². The number of carboxylic acid groups (broad SMARTS) is 1. The summed E-state index contributed by atoms with van der Waals surface area (Å²) in [6, 6.07) is 17.7. The first-order chi connectivity index (χ1) is 18.9. The van der Waals surface area contributed by atoms with Gasteiger partial charge in [-0.3, -0.25) is 4.79 Å². The predicted molar refractivity (Wildman–Crippen MR) is 140 cm³/mol. The normalized spacial score (nSPS) is 23.1. The van der Waals surface area contributed by atoms with Crippen LogP contribution in [-0.2, 0) is 16.0 Å². The SMILES string of the molecule is O=C(O)[C@H]1C[C@@H]1c1ccc(O[C@@H]2CCc3c(Oc4ccc(OCC5(O)CCOCC5)cc4)ccc(F)c32)cc1. The van der Waals surface area contributed by atoms with E-state index in [4.69, 9.17) is 24.1 Å². The lowest BCUT2D eigenvalue weighted by molar-refractivity contribution is -0.138. The van der Waals surface area contributed by atoms with Crippen LogP contribution in [0.3, 0.4) is 0 Å². The van der Waals surface area contributed by atoms with E-state index in [1.54, 1.807) is 30.3 Å². The zero-order valence-corrected chi connectivity index (χ0v) is 21.5. The Morgan fingerprint density at radius 3 is 2.36 bits per heavy atom. The van der Waals surface area contributed by atoms with Crippen LogP contribution in [0.25, 0.3) is 0 Å². The highest BCUT2D eigenvalue weighted by Gasteiger charge is 2.44. The maximum absolute atomic E-state index is 14.9. The van der Waals surface area contributed by atoms with Crippen molar-refractivity contribution in [1.82, 2.24) is 0 Å². The molecule has 0 spiro atoms. The topological polar surface area (TPSA) is 94.5 Å². The van der Waals surface area contributed by atoms with Crippen molar-refractivity contribution in [3.8, 4) is 23.0 Å². The van der Waals surface area contributed by atoms with Gasteiger partial charge in [0.15, 0.2) is 0 Å². The quantitative estimate of drug-likeness (QED) is 0.359. The maximum atomic E-state index is 14.9. The van der Waals surface area contributed by atoms with E-state index in [0.29, 0.717) is 73.9 Å². The summed E-state index contributed by atoms with van der Waals surface area (Å²) in [5.74, 6) is 1.10. The van der Waals surface area contributed by atoms with E-state index < -0.39 is 17.7 Å². The number of aliphatic hydroxyl groups is 1. The minimum atomic E-state index is -0.872. The second-order valence-corrected chi connectivity index (χ2v) is 10.6. The Bertz CT molecular complexity index is 1330. The van der Waals surface area contributed by atoms with Crippen molar-refractivity contribution in [3.05, 3.63) is 83.2 Å². The smallest absolute Gasteiger partial charge is 0.307 e. The van der Waals surface area contributed by atoms with Crippen molar-refractivity contribution in [2.75, 3.05) is 19.8 Å². The first-order valence-electron chi connectivity index (χ1n) is 13.4. The molecular weight excluding hydrogens is 503 g/mol. The molecule has 3 aliphatic rings. The Morgan fingerprint density at radius 1 is 0.974 bits per heavy atom. The average Bonchev–Trinajstić information content (AvgIpc) is 3.64. The number of ether oxygens (including phenoxy) is 4. The number of carboxylic acids is 1. The third-order valence-corrected chi connectivity index (χ3v) is 7.92. The monoisotopic (exact) mass is 534 g/mol. The molecule has 8 heteroatoms. The average molecular weight is 535 g/mol. The number of hydrogen-bond donors (Lipinski definition) is 2. The number of carbonyl (C=O) groups is 1. The molecule has 1 aliphatic heterocycles. The number of hydrogen-bond acceptors (Lipinski definition) is 6. The summed E-state index contributed by atoms with van der Waals surface area (Å²) in [6.45, 7) is 1.26. The summed E-state index contributed by atoms with van der Waals surface area (Å²) in [4.78, 5) is 11.2. The highest BCUT2D eigenvalue weighted by Crippen LogP contribution is 2.48. The van der Waals surface area contributed by atoms with Crippen molar-refractivity contribution in [1.29, 1.82) is 0 Å². The van der Waals surface area contributed by atoms with Gasteiger partial charge in [-0.1, -0.05) is 12.1 Å². The Kier molecular flexibility index (Phi) is 6.91. The Balaban J connectivity index is 1.10. The van der Waals surface area contributed by atoms with Gasteiger partial charge in [0.2, 0.25) is 0 Å². The molecule has 0 radical (unpaired) electrons. The van der Waals surface area contributed by atoms with Gasteiger partial charge in [0.25, 0.3) is 0 Å². The molecule has 0 aromatic heterocycles. The van der Waals surface area contributed by atoms with Gasteiger partial charge in [0, 0.05) is 37.2 Å². The van der Waals surface area contributed by atoms with E-state index in [0.717, 1.165) is 11.1 Å². The number of rotatable bonds is 9. The fraction of sp³-hybridized carbons (Fsp3) is 0.387. The summed E-state index contributed by atoms with van der Waals surface area (Å²) in [6.07, 6.45) is 2.57. The van der Waals surface area contributed by atoms with Crippen molar-refractivity contribution in [2.24, 2.45) is 5.92 Å². The van der Waals surface area contributed by atoms with Crippen LogP contribution < -0.4 is 14.2 Å². The predicted octanol–water partition coefficient (Wildman–Crippen LogP) is 5.79. The van der Waals surface area contributed by atoms with Crippen LogP contribution in [0, 0.1) is 11.7 Å². The van der Waals surface area contributed by atoms with Crippen molar-refractivity contribution in [3.63, 3.8) is 0 Å². The van der Waals surface area contributed by atoms with Crippen LogP contribution in [0.5, 0.6) is 23.0 Å². The van der Waals surface area contributed by atoms with Gasteiger partial charge in [-0.2, -0.15) is 0 Å². The van der Waals surface area contributed by atoms with Crippen LogP contribution in [-0.4, -0.2) is 41.6 Å². The van der Waals surface area contributed by atoms with E-state index in [9.17, 15) is 14.3 Å². The van der Waals surface area contributed by atoms with E-state index in [-0.39, 0.29) is 24.3 Å². The van der Waals surface area contributed by atoms with Gasteiger partial charge in [0.05, 0.1) is 5.92 Å². The van der Waals surface area contributed by atoms with Gasteiger partial charge >= 0.3 is 5.97 Å². The fourth-order valence-corrected chi connectivity index (χ4v) is 5.49. The van der Waals surface area contributed by atoms with E-state index in [1.807, 2.05) is 24.3 Å². The number of aliphatic carboxylic acids is 1. The van der Waals surface area contributed by atoms with Gasteiger partial charge < -0.3 is 29.2 Å². The lowest BCUT2D eigenvalue weighted by Gasteiger charge is -2.31.